The van der Waals surface area contributed by atoms with Gasteiger partial charge in [-0.3, -0.25) is 0 Å². The third kappa shape index (κ3) is 6.89. The zero-order chi connectivity index (χ0) is 12.4. The summed E-state index contributed by atoms with van der Waals surface area (Å²) >= 11 is 0. The fraction of sp³-hybridized carbons (Fsp3) is 1.00. The van der Waals surface area contributed by atoms with Crippen LogP contribution in [0.5, 0.6) is 0 Å². The number of hydrogen-bond acceptors (Lipinski definition) is 0. The van der Waals surface area contributed by atoms with E-state index in [9.17, 15) is 0 Å². The van der Waals surface area contributed by atoms with Gasteiger partial charge in [0.15, 0.2) is 0 Å². The average molecular weight is 244 g/mol. The van der Waals surface area contributed by atoms with Crippen LogP contribution in [0.2, 0.25) is 0 Å². The summed E-state index contributed by atoms with van der Waals surface area (Å²) in [6.07, 6.45) is 11.6. The first-order chi connectivity index (χ1) is 7.71. The van der Waals surface area contributed by atoms with Crippen molar-refractivity contribution in [2.45, 2.75) is 66.7 Å². The van der Waals surface area contributed by atoms with Crippen molar-refractivity contribution in [3.63, 3.8) is 0 Å². The van der Waals surface area contributed by atoms with Crippen molar-refractivity contribution in [3.8, 4) is 0 Å². The van der Waals surface area contributed by atoms with Crippen LogP contribution in [0.25, 0.3) is 0 Å². The fourth-order valence-corrected chi connectivity index (χ4v) is 6.04. The molecule has 0 spiro atoms. The van der Waals surface area contributed by atoms with E-state index in [1.807, 2.05) is 0 Å². The number of rotatable bonds is 10. The van der Waals surface area contributed by atoms with Gasteiger partial charge in [-0.2, -0.15) is 0 Å². The van der Waals surface area contributed by atoms with Crippen LogP contribution in [0.3, 0.4) is 0 Å². The Balaban J connectivity index is 4.13. The van der Waals surface area contributed by atoms with Crippen LogP contribution >= 0.6 is 7.92 Å². The first-order valence-corrected chi connectivity index (χ1v) is 9.33. The molecule has 0 aliphatic rings. The lowest BCUT2D eigenvalue weighted by molar-refractivity contribution is 0.533. The van der Waals surface area contributed by atoms with E-state index in [0.29, 0.717) is 7.92 Å². The Morgan fingerprint density at radius 3 is 1.31 bits per heavy atom. The molecule has 0 N–H and O–H groups in total. The molecule has 98 valence electrons. The van der Waals surface area contributed by atoms with E-state index < -0.39 is 0 Å². The molecule has 0 saturated heterocycles. The lowest BCUT2D eigenvalue weighted by Gasteiger charge is -2.26. The summed E-state index contributed by atoms with van der Waals surface area (Å²) in [5.41, 5.74) is 0. The van der Waals surface area contributed by atoms with E-state index in [4.69, 9.17) is 0 Å². The molecule has 0 radical (unpaired) electrons. The molecule has 0 nitrogen and oxygen atoms in total. The molecular weight excluding hydrogens is 211 g/mol. The molecule has 0 aliphatic heterocycles. The highest BCUT2D eigenvalue weighted by atomic mass is 31.1. The Morgan fingerprint density at radius 1 is 0.688 bits per heavy atom. The van der Waals surface area contributed by atoms with E-state index in [1.54, 1.807) is 12.3 Å². The lowest BCUT2D eigenvalue weighted by atomic mass is 10.1. The van der Waals surface area contributed by atoms with Crippen LogP contribution in [-0.2, 0) is 0 Å². The Kier molecular flexibility index (Phi) is 10.9. The highest BCUT2D eigenvalue weighted by Crippen LogP contribution is 2.42. The van der Waals surface area contributed by atoms with Crippen molar-refractivity contribution in [2.24, 2.45) is 11.8 Å². The summed E-state index contributed by atoms with van der Waals surface area (Å²) in [5, 5.41) is 0. The average Bonchev–Trinajstić information content (AvgIpc) is 2.32. The third-order valence-corrected chi connectivity index (χ3v) is 7.03. The molecule has 0 amide bonds. The van der Waals surface area contributed by atoms with Gasteiger partial charge in [0.2, 0.25) is 0 Å². The second-order valence-electron chi connectivity index (χ2n) is 5.12. The summed E-state index contributed by atoms with van der Waals surface area (Å²) < 4.78 is 0. The van der Waals surface area contributed by atoms with E-state index >= 15 is 0 Å². The maximum atomic E-state index is 2.37. The zero-order valence-corrected chi connectivity index (χ0v) is 13.2. The predicted octanol–water partition coefficient (Wildman–Crippen LogP) is 5.75. The highest BCUT2D eigenvalue weighted by Gasteiger charge is 2.16. The minimum absolute atomic E-state index is 0.337. The third-order valence-electron chi connectivity index (χ3n) is 3.88. The van der Waals surface area contributed by atoms with Gasteiger partial charge < -0.3 is 0 Å². The number of hydrogen-bond donors (Lipinski definition) is 0. The van der Waals surface area contributed by atoms with Crippen molar-refractivity contribution in [1.82, 2.24) is 0 Å². The van der Waals surface area contributed by atoms with Gasteiger partial charge in [0, 0.05) is 0 Å². The molecular formula is C15H33P. The quantitative estimate of drug-likeness (QED) is 0.429. The lowest BCUT2D eigenvalue weighted by Crippen LogP contribution is -2.10. The van der Waals surface area contributed by atoms with Gasteiger partial charge in [-0.1, -0.05) is 66.7 Å². The molecule has 0 rings (SSSR count). The SMILES string of the molecule is CCCP(CC(CC)CC)CC(CC)CC. The summed E-state index contributed by atoms with van der Waals surface area (Å²) in [6.45, 7) is 11.8. The van der Waals surface area contributed by atoms with Gasteiger partial charge in [0.1, 0.15) is 0 Å². The summed E-state index contributed by atoms with van der Waals surface area (Å²) in [7, 11) is 0.337. The Bertz CT molecular complexity index is 122. The summed E-state index contributed by atoms with van der Waals surface area (Å²) in [6, 6.07) is 0. The Morgan fingerprint density at radius 2 is 1.06 bits per heavy atom. The smallest absolute Gasteiger partial charge is 0.0297 e. The Hall–Kier alpha value is 0.430. The van der Waals surface area contributed by atoms with Crippen LogP contribution in [0.1, 0.15) is 66.7 Å². The van der Waals surface area contributed by atoms with Gasteiger partial charge >= 0.3 is 0 Å². The predicted molar refractivity (Wildman–Crippen MR) is 80.0 cm³/mol. The molecule has 16 heavy (non-hydrogen) atoms. The zero-order valence-electron chi connectivity index (χ0n) is 12.3. The minimum Gasteiger partial charge on any atom is -0.106 e. The van der Waals surface area contributed by atoms with Crippen LogP contribution in [0.15, 0.2) is 0 Å². The van der Waals surface area contributed by atoms with Gasteiger partial charge in [-0.15, -0.1) is 7.92 Å². The van der Waals surface area contributed by atoms with Gasteiger partial charge in [0.05, 0.1) is 0 Å². The van der Waals surface area contributed by atoms with Crippen molar-refractivity contribution < 1.29 is 0 Å². The molecule has 0 fully saturated rings. The minimum atomic E-state index is 0.337. The van der Waals surface area contributed by atoms with E-state index in [-0.39, 0.29) is 0 Å². The first-order valence-electron chi connectivity index (χ1n) is 7.43. The first kappa shape index (κ1) is 16.4. The van der Waals surface area contributed by atoms with Crippen LogP contribution in [0, 0.1) is 11.8 Å². The second-order valence-corrected chi connectivity index (χ2v) is 7.64. The van der Waals surface area contributed by atoms with E-state index in [1.165, 1.54) is 38.3 Å². The molecule has 0 unspecified atom stereocenters. The molecule has 0 aliphatic carbocycles. The highest BCUT2D eigenvalue weighted by molar-refractivity contribution is 7.57. The molecule has 0 aromatic rings. The van der Waals surface area contributed by atoms with Gasteiger partial charge in [0.25, 0.3) is 0 Å². The molecule has 0 aromatic heterocycles. The molecule has 0 atom stereocenters. The monoisotopic (exact) mass is 244 g/mol. The molecule has 0 heterocycles. The van der Waals surface area contributed by atoms with Crippen molar-refractivity contribution >= 4 is 7.92 Å². The van der Waals surface area contributed by atoms with E-state index in [2.05, 4.69) is 34.6 Å². The van der Waals surface area contributed by atoms with Crippen molar-refractivity contribution in [1.29, 1.82) is 0 Å². The molecule has 0 bridgehead atoms. The maximum absolute atomic E-state index is 2.37. The molecule has 0 saturated carbocycles. The van der Waals surface area contributed by atoms with Gasteiger partial charge in [-0.25, -0.2) is 0 Å². The van der Waals surface area contributed by atoms with Crippen molar-refractivity contribution in [3.05, 3.63) is 0 Å². The van der Waals surface area contributed by atoms with Crippen LogP contribution in [0.4, 0.5) is 0 Å². The second kappa shape index (κ2) is 10.6. The van der Waals surface area contributed by atoms with Gasteiger partial charge in [-0.05, 0) is 30.3 Å². The maximum Gasteiger partial charge on any atom is -0.0297 e. The topological polar surface area (TPSA) is 0 Å². The normalized spacial score (nSPS) is 12.0. The molecule has 1 heteroatoms. The standard InChI is InChI=1S/C15H33P/c1-6-11-16(12-14(7-2)8-3)13-15(9-4)10-5/h14-15H,6-13H2,1-5H3. The van der Waals surface area contributed by atoms with Crippen molar-refractivity contribution in [2.75, 3.05) is 18.5 Å². The van der Waals surface area contributed by atoms with Crippen LogP contribution in [-0.4, -0.2) is 18.5 Å². The largest absolute Gasteiger partial charge is 0.106 e. The fourth-order valence-electron chi connectivity index (χ4n) is 2.40. The molecule has 0 aromatic carbocycles. The van der Waals surface area contributed by atoms with E-state index in [0.717, 1.165) is 11.8 Å². The van der Waals surface area contributed by atoms with Crippen LogP contribution < -0.4 is 0 Å². The Labute approximate surface area is 105 Å². The summed E-state index contributed by atoms with van der Waals surface area (Å²) in [4.78, 5) is 0. The summed E-state index contributed by atoms with van der Waals surface area (Å²) in [5.74, 6) is 2.01.